The van der Waals surface area contributed by atoms with Gasteiger partial charge >= 0.3 is 0 Å². The largest absolute Gasteiger partial charge is 0.337 e. The normalized spacial score (nSPS) is 12.9. The van der Waals surface area contributed by atoms with Gasteiger partial charge in [-0.05, 0) is 24.0 Å². The van der Waals surface area contributed by atoms with E-state index in [1.54, 1.807) is 6.20 Å². The molecule has 0 bridgehead atoms. The van der Waals surface area contributed by atoms with Crippen molar-refractivity contribution >= 4 is 0 Å². The molecular formula is C13H18N4O. The standard InChI is InChI=1S/C13H18N4O/c1-4-9-6-5-7-15-11(9)12-16-13(18-17-12)10(14)8(2)3/h5-8,10H,4,14H2,1-3H3/t10-/m0/s1. The lowest BCUT2D eigenvalue weighted by molar-refractivity contribution is 0.325. The van der Waals surface area contributed by atoms with Crippen molar-refractivity contribution in [2.45, 2.75) is 33.2 Å². The quantitative estimate of drug-likeness (QED) is 0.895. The average Bonchev–Trinajstić information content (AvgIpc) is 2.87. The first-order valence-electron chi connectivity index (χ1n) is 6.17. The summed E-state index contributed by atoms with van der Waals surface area (Å²) in [7, 11) is 0. The van der Waals surface area contributed by atoms with E-state index in [2.05, 4.69) is 22.0 Å². The van der Waals surface area contributed by atoms with E-state index in [0.717, 1.165) is 17.7 Å². The maximum atomic E-state index is 5.98. The van der Waals surface area contributed by atoms with Crippen molar-refractivity contribution in [1.82, 2.24) is 15.1 Å². The van der Waals surface area contributed by atoms with Gasteiger partial charge in [-0.15, -0.1) is 0 Å². The predicted molar refractivity (Wildman–Crippen MR) is 68.7 cm³/mol. The topological polar surface area (TPSA) is 77.8 Å². The molecule has 2 aromatic heterocycles. The Morgan fingerprint density at radius 2 is 2.17 bits per heavy atom. The molecule has 1 atom stereocenters. The van der Waals surface area contributed by atoms with E-state index in [9.17, 15) is 0 Å². The molecule has 0 aliphatic heterocycles. The first kappa shape index (κ1) is 12.7. The van der Waals surface area contributed by atoms with Crippen molar-refractivity contribution in [3.63, 3.8) is 0 Å². The van der Waals surface area contributed by atoms with Crippen LogP contribution in [0.1, 0.15) is 38.3 Å². The third-order valence-electron chi connectivity index (χ3n) is 2.93. The number of pyridine rings is 1. The van der Waals surface area contributed by atoms with Crippen LogP contribution in [0.5, 0.6) is 0 Å². The Morgan fingerprint density at radius 1 is 1.39 bits per heavy atom. The minimum Gasteiger partial charge on any atom is -0.337 e. The van der Waals surface area contributed by atoms with E-state index in [1.807, 2.05) is 26.0 Å². The summed E-state index contributed by atoms with van der Waals surface area (Å²) in [6.45, 7) is 6.11. The smallest absolute Gasteiger partial charge is 0.244 e. The number of nitrogens with zero attached hydrogens (tertiary/aromatic N) is 3. The number of hydrogen-bond acceptors (Lipinski definition) is 5. The molecule has 0 aliphatic carbocycles. The van der Waals surface area contributed by atoms with Crippen LogP contribution in [0.2, 0.25) is 0 Å². The Labute approximate surface area is 106 Å². The molecule has 2 heterocycles. The summed E-state index contributed by atoms with van der Waals surface area (Å²) in [5.74, 6) is 1.24. The van der Waals surface area contributed by atoms with Crippen molar-refractivity contribution in [2.75, 3.05) is 0 Å². The number of hydrogen-bond donors (Lipinski definition) is 1. The van der Waals surface area contributed by atoms with Gasteiger partial charge in [0.15, 0.2) is 0 Å². The van der Waals surface area contributed by atoms with E-state index in [1.165, 1.54) is 0 Å². The average molecular weight is 246 g/mol. The summed E-state index contributed by atoms with van der Waals surface area (Å²) < 4.78 is 5.22. The lowest BCUT2D eigenvalue weighted by atomic mass is 10.1. The highest BCUT2D eigenvalue weighted by Gasteiger charge is 2.20. The molecule has 18 heavy (non-hydrogen) atoms. The first-order chi connectivity index (χ1) is 8.63. The molecule has 2 N–H and O–H groups in total. The molecule has 0 spiro atoms. The van der Waals surface area contributed by atoms with Crippen molar-refractivity contribution in [3.05, 3.63) is 29.8 Å². The minimum absolute atomic E-state index is 0.236. The summed E-state index contributed by atoms with van der Waals surface area (Å²) in [5, 5.41) is 3.97. The van der Waals surface area contributed by atoms with Crippen molar-refractivity contribution in [2.24, 2.45) is 11.7 Å². The lowest BCUT2D eigenvalue weighted by Gasteiger charge is -2.09. The van der Waals surface area contributed by atoms with Crippen molar-refractivity contribution in [3.8, 4) is 11.5 Å². The fourth-order valence-electron chi connectivity index (χ4n) is 1.68. The Kier molecular flexibility index (Phi) is 3.72. The van der Waals surface area contributed by atoms with Crippen LogP contribution in [0.3, 0.4) is 0 Å². The molecule has 0 saturated carbocycles. The summed E-state index contributed by atoms with van der Waals surface area (Å²) in [6.07, 6.45) is 2.61. The fourth-order valence-corrected chi connectivity index (χ4v) is 1.68. The van der Waals surface area contributed by atoms with Crippen LogP contribution in [0.15, 0.2) is 22.9 Å². The maximum Gasteiger partial charge on any atom is 0.244 e. The Bertz CT molecular complexity index is 521. The van der Waals surface area contributed by atoms with Crippen LogP contribution in [-0.2, 0) is 6.42 Å². The van der Waals surface area contributed by atoms with Gasteiger partial charge in [0.2, 0.25) is 11.7 Å². The number of nitrogens with two attached hydrogens (primary N) is 1. The van der Waals surface area contributed by atoms with Crippen LogP contribution >= 0.6 is 0 Å². The van der Waals surface area contributed by atoms with Gasteiger partial charge in [0.25, 0.3) is 0 Å². The summed E-state index contributed by atoms with van der Waals surface area (Å²) >= 11 is 0. The molecule has 0 radical (unpaired) electrons. The zero-order chi connectivity index (χ0) is 13.1. The van der Waals surface area contributed by atoms with Gasteiger partial charge < -0.3 is 10.3 Å². The molecule has 0 amide bonds. The van der Waals surface area contributed by atoms with Gasteiger partial charge in [0.05, 0.1) is 6.04 Å². The third kappa shape index (κ3) is 2.41. The van der Waals surface area contributed by atoms with Gasteiger partial charge in [-0.2, -0.15) is 4.98 Å². The second-order valence-electron chi connectivity index (χ2n) is 4.59. The highest BCUT2D eigenvalue weighted by atomic mass is 16.5. The molecule has 5 nitrogen and oxygen atoms in total. The number of aryl methyl sites for hydroxylation is 1. The predicted octanol–water partition coefficient (Wildman–Crippen LogP) is 2.35. The molecule has 0 aromatic carbocycles. The second kappa shape index (κ2) is 5.27. The number of rotatable bonds is 4. The van der Waals surface area contributed by atoms with Crippen LogP contribution in [0.4, 0.5) is 0 Å². The molecule has 0 aliphatic rings. The van der Waals surface area contributed by atoms with E-state index in [4.69, 9.17) is 10.3 Å². The zero-order valence-corrected chi connectivity index (χ0v) is 10.9. The zero-order valence-electron chi connectivity index (χ0n) is 10.9. The van der Waals surface area contributed by atoms with E-state index >= 15 is 0 Å². The van der Waals surface area contributed by atoms with Crippen LogP contribution in [0, 0.1) is 5.92 Å². The highest BCUT2D eigenvalue weighted by Crippen LogP contribution is 2.22. The molecule has 2 aromatic rings. The second-order valence-corrected chi connectivity index (χ2v) is 4.59. The van der Waals surface area contributed by atoms with E-state index < -0.39 is 0 Å². The number of aromatic nitrogens is 3. The Hall–Kier alpha value is -1.75. The first-order valence-corrected chi connectivity index (χ1v) is 6.17. The molecule has 0 fully saturated rings. The molecule has 2 rings (SSSR count). The fraction of sp³-hybridized carbons (Fsp3) is 0.462. The van der Waals surface area contributed by atoms with Gasteiger partial charge in [0, 0.05) is 6.20 Å². The SMILES string of the molecule is CCc1cccnc1-c1noc([C@@H](N)C(C)C)n1. The monoisotopic (exact) mass is 246 g/mol. The molecule has 5 heteroatoms. The minimum atomic E-state index is -0.236. The maximum absolute atomic E-state index is 5.98. The van der Waals surface area contributed by atoms with Crippen LogP contribution in [0.25, 0.3) is 11.5 Å². The van der Waals surface area contributed by atoms with Gasteiger partial charge in [-0.3, -0.25) is 4.98 Å². The van der Waals surface area contributed by atoms with Crippen molar-refractivity contribution in [1.29, 1.82) is 0 Å². The Balaban J connectivity index is 2.35. The molecule has 0 unspecified atom stereocenters. The molecular weight excluding hydrogens is 228 g/mol. The van der Waals surface area contributed by atoms with Crippen LogP contribution < -0.4 is 5.73 Å². The van der Waals surface area contributed by atoms with Crippen molar-refractivity contribution < 1.29 is 4.52 Å². The van der Waals surface area contributed by atoms with Gasteiger partial charge in [0.1, 0.15) is 5.69 Å². The summed E-state index contributed by atoms with van der Waals surface area (Å²) in [5.41, 5.74) is 7.85. The van der Waals surface area contributed by atoms with E-state index in [-0.39, 0.29) is 12.0 Å². The van der Waals surface area contributed by atoms with E-state index in [0.29, 0.717) is 11.7 Å². The van der Waals surface area contributed by atoms with Crippen LogP contribution in [-0.4, -0.2) is 15.1 Å². The highest BCUT2D eigenvalue weighted by molar-refractivity contribution is 5.53. The van der Waals surface area contributed by atoms with Gasteiger partial charge in [-0.1, -0.05) is 32.0 Å². The third-order valence-corrected chi connectivity index (χ3v) is 2.93. The summed E-state index contributed by atoms with van der Waals surface area (Å²) in [4.78, 5) is 8.66. The van der Waals surface area contributed by atoms with Gasteiger partial charge in [-0.25, -0.2) is 0 Å². The Morgan fingerprint density at radius 3 is 2.83 bits per heavy atom. The molecule has 0 saturated heterocycles. The lowest BCUT2D eigenvalue weighted by Crippen LogP contribution is -2.16. The summed E-state index contributed by atoms with van der Waals surface area (Å²) in [6, 6.07) is 3.68. The molecule has 96 valence electrons.